The van der Waals surface area contributed by atoms with Gasteiger partial charge in [0.05, 0.1) is 4.99 Å². The fourth-order valence-corrected chi connectivity index (χ4v) is 2.36. The van der Waals surface area contributed by atoms with Gasteiger partial charge in [0.15, 0.2) is 0 Å². The van der Waals surface area contributed by atoms with Gasteiger partial charge in [-0.15, -0.1) is 0 Å². The Hall–Kier alpha value is -1.46. The van der Waals surface area contributed by atoms with Gasteiger partial charge < -0.3 is 15.8 Å². The van der Waals surface area contributed by atoms with Crippen LogP contribution in [0.2, 0.25) is 0 Å². The zero-order valence-electron chi connectivity index (χ0n) is 12.1. The van der Waals surface area contributed by atoms with Crippen LogP contribution in [-0.2, 0) is 9.53 Å². The molecule has 0 spiro atoms. The van der Waals surface area contributed by atoms with Crippen molar-refractivity contribution >= 4 is 23.1 Å². The van der Waals surface area contributed by atoms with Crippen LogP contribution in [0.5, 0.6) is 0 Å². The highest BCUT2D eigenvalue weighted by Crippen LogP contribution is 2.28. The summed E-state index contributed by atoms with van der Waals surface area (Å²) in [6.45, 7) is 2.11. The van der Waals surface area contributed by atoms with E-state index in [4.69, 9.17) is 22.7 Å². The molecule has 0 bridgehead atoms. The molecule has 5 heteroatoms. The van der Waals surface area contributed by atoms with Crippen LogP contribution in [0.25, 0.3) is 0 Å². The molecule has 1 saturated carbocycles. The fraction of sp³-hybridized carbons (Fsp3) is 0.500. The summed E-state index contributed by atoms with van der Waals surface area (Å²) in [5.41, 5.74) is 6.53. The topological polar surface area (TPSA) is 64.4 Å². The summed E-state index contributed by atoms with van der Waals surface area (Å²) in [4.78, 5) is 12.4. The summed E-state index contributed by atoms with van der Waals surface area (Å²) < 4.78 is 5.53. The highest BCUT2D eigenvalue weighted by molar-refractivity contribution is 7.80. The van der Waals surface area contributed by atoms with Crippen LogP contribution in [0.15, 0.2) is 30.3 Å². The van der Waals surface area contributed by atoms with Gasteiger partial charge in [-0.3, -0.25) is 4.79 Å². The number of nitrogens with one attached hydrogen (secondary N) is 1. The van der Waals surface area contributed by atoms with Crippen LogP contribution in [0.1, 0.15) is 30.7 Å². The number of rotatable bonds is 9. The van der Waals surface area contributed by atoms with Crippen LogP contribution < -0.4 is 11.1 Å². The van der Waals surface area contributed by atoms with E-state index in [0.717, 1.165) is 24.5 Å². The maximum Gasteiger partial charge on any atom is 0.234 e. The van der Waals surface area contributed by atoms with E-state index in [2.05, 4.69) is 5.32 Å². The second kappa shape index (κ2) is 8.10. The van der Waals surface area contributed by atoms with E-state index in [0.29, 0.717) is 13.2 Å². The number of thiocarbonyl (C=S) groups is 1. The Morgan fingerprint density at radius 3 is 2.71 bits per heavy atom. The van der Waals surface area contributed by atoms with Crippen molar-refractivity contribution in [1.82, 2.24) is 5.32 Å². The van der Waals surface area contributed by atoms with E-state index in [-0.39, 0.29) is 10.9 Å². The SMILES string of the molecule is NC(=S)C(C(=O)NCCCOCC1CC1)c1ccccc1. The van der Waals surface area contributed by atoms with Crippen LogP contribution in [-0.4, -0.2) is 30.7 Å². The number of hydrogen-bond acceptors (Lipinski definition) is 3. The van der Waals surface area contributed by atoms with Crippen molar-refractivity contribution in [3.8, 4) is 0 Å². The monoisotopic (exact) mass is 306 g/mol. The molecule has 2 rings (SSSR count). The summed E-state index contributed by atoms with van der Waals surface area (Å²) >= 11 is 5.02. The fourth-order valence-electron chi connectivity index (χ4n) is 2.11. The van der Waals surface area contributed by atoms with Crippen LogP contribution in [0, 0.1) is 5.92 Å². The van der Waals surface area contributed by atoms with Gasteiger partial charge >= 0.3 is 0 Å². The Balaban J connectivity index is 1.72. The molecule has 0 aromatic heterocycles. The average Bonchev–Trinajstić information content (AvgIpc) is 3.28. The molecule has 1 aliphatic rings. The largest absolute Gasteiger partial charge is 0.392 e. The second-order valence-corrected chi connectivity index (χ2v) is 5.88. The number of amides is 1. The van der Waals surface area contributed by atoms with Crippen LogP contribution in [0.3, 0.4) is 0 Å². The van der Waals surface area contributed by atoms with Crippen molar-refractivity contribution in [2.75, 3.05) is 19.8 Å². The molecule has 0 aliphatic heterocycles. The molecule has 1 amide bonds. The van der Waals surface area contributed by atoms with Gasteiger partial charge in [0, 0.05) is 19.8 Å². The van der Waals surface area contributed by atoms with E-state index >= 15 is 0 Å². The Bertz CT molecular complexity index is 474. The van der Waals surface area contributed by atoms with Gasteiger partial charge in [-0.25, -0.2) is 0 Å². The molecule has 0 heterocycles. The maximum absolute atomic E-state index is 12.2. The summed E-state index contributed by atoms with van der Waals surface area (Å²) in [6.07, 6.45) is 3.39. The van der Waals surface area contributed by atoms with Crippen molar-refractivity contribution in [3.63, 3.8) is 0 Å². The summed E-state index contributed by atoms with van der Waals surface area (Å²) in [5.74, 6) is 0.0705. The number of hydrogen-bond donors (Lipinski definition) is 2. The van der Waals surface area contributed by atoms with E-state index in [1.54, 1.807) is 0 Å². The predicted molar refractivity (Wildman–Crippen MR) is 87.1 cm³/mol. The normalized spacial score (nSPS) is 15.4. The first-order chi connectivity index (χ1) is 10.2. The molecule has 0 radical (unpaired) electrons. The molecule has 1 aromatic carbocycles. The van der Waals surface area contributed by atoms with Gasteiger partial charge in [0.2, 0.25) is 5.91 Å². The highest BCUT2D eigenvalue weighted by Gasteiger charge is 2.23. The standard InChI is InChI=1S/C16H22N2O2S/c17-15(21)14(13-5-2-1-3-6-13)16(19)18-9-4-10-20-11-12-7-8-12/h1-3,5-6,12,14H,4,7-11H2,(H2,17,21)(H,18,19). The molecule has 1 unspecified atom stereocenters. The minimum atomic E-state index is -0.561. The molecule has 4 nitrogen and oxygen atoms in total. The summed E-state index contributed by atoms with van der Waals surface area (Å²) in [7, 11) is 0. The van der Waals surface area contributed by atoms with Crippen LogP contribution >= 0.6 is 12.2 Å². The molecule has 1 fully saturated rings. The number of benzene rings is 1. The molecular weight excluding hydrogens is 284 g/mol. The number of carbonyl (C=O) groups is 1. The molecule has 21 heavy (non-hydrogen) atoms. The smallest absolute Gasteiger partial charge is 0.234 e. The third-order valence-electron chi connectivity index (χ3n) is 3.49. The van der Waals surface area contributed by atoms with Crippen molar-refractivity contribution in [2.24, 2.45) is 11.7 Å². The molecule has 1 aliphatic carbocycles. The average molecular weight is 306 g/mol. The first-order valence-electron chi connectivity index (χ1n) is 7.38. The molecule has 1 aromatic rings. The summed E-state index contributed by atoms with van der Waals surface area (Å²) in [5, 5.41) is 2.88. The minimum absolute atomic E-state index is 0.143. The highest BCUT2D eigenvalue weighted by atomic mass is 32.1. The minimum Gasteiger partial charge on any atom is -0.392 e. The zero-order chi connectivity index (χ0) is 15.1. The Kier molecular flexibility index (Phi) is 6.14. The Morgan fingerprint density at radius 1 is 1.38 bits per heavy atom. The van der Waals surface area contributed by atoms with Gasteiger partial charge in [0.1, 0.15) is 5.92 Å². The van der Waals surface area contributed by atoms with Crippen molar-refractivity contribution in [1.29, 1.82) is 0 Å². The summed E-state index contributed by atoms with van der Waals surface area (Å²) in [6, 6.07) is 9.37. The predicted octanol–water partition coefficient (Wildman–Crippen LogP) is 1.99. The Morgan fingerprint density at radius 2 is 2.10 bits per heavy atom. The Labute approximate surface area is 131 Å². The molecule has 3 N–H and O–H groups in total. The number of carbonyl (C=O) groups excluding carboxylic acids is 1. The number of ether oxygens (including phenoxy) is 1. The maximum atomic E-state index is 12.2. The number of nitrogens with two attached hydrogens (primary N) is 1. The second-order valence-electron chi connectivity index (χ2n) is 5.41. The first kappa shape index (κ1) is 15.9. The lowest BCUT2D eigenvalue weighted by atomic mass is 9.98. The van der Waals surface area contributed by atoms with Crippen molar-refractivity contribution in [3.05, 3.63) is 35.9 Å². The molecule has 0 saturated heterocycles. The lowest BCUT2D eigenvalue weighted by molar-refractivity contribution is -0.121. The van der Waals surface area contributed by atoms with Gasteiger partial charge in [-0.05, 0) is 30.7 Å². The van der Waals surface area contributed by atoms with Gasteiger partial charge in [-0.1, -0.05) is 42.5 Å². The van der Waals surface area contributed by atoms with E-state index < -0.39 is 5.92 Å². The zero-order valence-corrected chi connectivity index (χ0v) is 12.9. The van der Waals surface area contributed by atoms with E-state index in [1.165, 1.54) is 12.8 Å². The lowest BCUT2D eigenvalue weighted by Gasteiger charge is -2.16. The molecule has 114 valence electrons. The van der Waals surface area contributed by atoms with Crippen molar-refractivity contribution < 1.29 is 9.53 Å². The quantitative estimate of drug-likeness (QED) is 0.541. The third-order valence-corrected chi connectivity index (χ3v) is 3.73. The lowest BCUT2D eigenvalue weighted by Crippen LogP contribution is -2.36. The van der Waals surface area contributed by atoms with Gasteiger partial charge in [0.25, 0.3) is 0 Å². The van der Waals surface area contributed by atoms with Crippen molar-refractivity contribution in [2.45, 2.75) is 25.2 Å². The van der Waals surface area contributed by atoms with E-state index in [1.807, 2.05) is 30.3 Å². The van der Waals surface area contributed by atoms with Crippen LogP contribution in [0.4, 0.5) is 0 Å². The first-order valence-corrected chi connectivity index (χ1v) is 7.79. The third kappa shape index (κ3) is 5.44. The molecular formula is C16H22N2O2S. The van der Waals surface area contributed by atoms with E-state index in [9.17, 15) is 4.79 Å². The van der Waals surface area contributed by atoms with Gasteiger partial charge in [-0.2, -0.15) is 0 Å². The molecule has 1 atom stereocenters.